The van der Waals surface area contributed by atoms with E-state index in [0.29, 0.717) is 44.5 Å². The van der Waals surface area contributed by atoms with Crippen LogP contribution in [0.4, 0.5) is 0 Å². The second-order valence-corrected chi connectivity index (χ2v) is 8.29. The third-order valence-corrected chi connectivity index (χ3v) is 6.22. The molecule has 1 aliphatic heterocycles. The molecule has 0 saturated carbocycles. The Morgan fingerprint density at radius 3 is 2.41 bits per heavy atom. The molecular weight excluding hydrogens is 400 g/mol. The van der Waals surface area contributed by atoms with Crippen LogP contribution >= 0.6 is 0 Å². The number of aromatic nitrogens is 2. The minimum atomic E-state index is -0.529. The normalized spacial score (nSPS) is 15.2. The van der Waals surface area contributed by atoms with Crippen LogP contribution in [-0.4, -0.2) is 46.3 Å². The van der Waals surface area contributed by atoms with Gasteiger partial charge in [0.25, 0.3) is 5.91 Å². The molecule has 2 amide bonds. The van der Waals surface area contributed by atoms with Crippen LogP contribution in [0.2, 0.25) is 0 Å². The molecular formula is C26H28N4O2. The highest BCUT2D eigenvalue weighted by Gasteiger charge is 2.42. The highest BCUT2D eigenvalue weighted by molar-refractivity contribution is 5.94. The van der Waals surface area contributed by atoms with Gasteiger partial charge in [0.15, 0.2) is 0 Å². The number of hydrogen-bond acceptors (Lipinski definition) is 4. The van der Waals surface area contributed by atoms with Crippen LogP contribution < -0.4 is 5.32 Å². The maximum Gasteiger partial charge on any atom is 0.253 e. The summed E-state index contributed by atoms with van der Waals surface area (Å²) in [4.78, 5) is 36.1. The molecule has 1 fully saturated rings. The number of nitrogens with one attached hydrogen (secondary N) is 1. The molecule has 0 unspecified atom stereocenters. The fourth-order valence-corrected chi connectivity index (χ4v) is 4.43. The Morgan fingerprint density at radius 1 is 0.969 bits per heavy atom. The third-order valence-electron chi connectivity index (χ3n) is 6.22. The fourth-order valence-electron chi connectivity index (χ4n) is 4.43. The second kappa shape index (κ2) is 9.73. The number of carbonyl (C=O) groups excluding carboxylic acids is 2. The van der Waals surface area contributed by atoms with Crippen LogP contribution in [0.5, 0.6) is 0 Å². The SMILES string of the molecule is CCNC(=O)C1(Cc2cccc(-c3cccnc3)c2)CCN(C(=O)c2ccncc2)CC1. The highest BCUT2D eigenvalue weighted by Crippen LogP contribution is 2.37. The Bertz CT molecular complexity index is 1060. The van der Waals surface area contributed by atoms with Crippen LogP contribution in [0.3, 0.4) is 0 Å². The van der Waals surface area contributed by atoms with E-state index in [1.807, 2.05) is 36.2 Å². The zero-order chi connectivity index (χ0) is 22.4. The van der Waals surface area contributed by atoms with Crippen LogP contribution in [0.25, 0.3) is 11.1 Å². The lowest BCUT2D eigenvalue weighted by Crippen LogP contribution is -2.51. The lowest BCUT2D eigenvalue weighted by molar-refractivity contribution is -0.133. The van der Waals surface area contributed by atoms with Crippen molar-refractivity contribution in [3.05, 3.63) is 84.4 Å². The second-order valence-electron chi connectivity index (χ2n) is 8.29. The van der Waals surface area contributed by atoms with E-state index in [9.17, 15) is 9.59 Å². The molecule has 6 heteroatoms. The molecule has 3 heterocycles. The largest absolute Gasteiger partial charge is 0.356 e. The summed E-state index contributed by atoms with van der Waals surface area (Å²) in [5.41, 5.74) is 3.37. The molecule has 2 aromatic heterocycles. The monoisotopic (exact) mass is 428 g/mol. The standard InChI is InChI=1S/C26H28N4O2/c1-2-29-25(32)26(10-15-30(16-11-26)24(31)21-8-13-27-14-9-21)18-20-5-3-6-22(17-20)23-7-4-12-28-19-23/h3-9,12-14,17,19H,2,10-11,15-16,18H2,1H3,(H,29,32). The summed E-state index contributed by atoms with van der Waals surface area (Å²) in [6, 6.07) is 15.8. The van der Waals surface area contributed by atoms with Gasteiger partial charge in [-0.2, -0.15) is 0 Å². The Morgan fingerprint density at radius 2 is 1.72 bits per heavy atom. The quantitative estimate of drug-likeness (QED) is 0.649. The molecule has 164 valence electrons. The van der Waals surface area contributed by atoms with E-state index in [0.717, 1.165) is 16.7 Å². The molecule has 0 aliphatic carbocycles. The summed E-state index contributed by atoms with van der Waals surface area (Å²) in [7, 11) is 0. The first-order chi connectivity index (χ1) is 15.6. The number of piperidine rings is 1. The number of likely N-dealkylation sites (tertiary alicyclic amines) is 1. The zero-order valence-corrected chi connectivity index (χ0v) is 18.3. The lowest BCUT2D eigenvalue weighted by Gasteiger charge is -2.41. The van der Waals surface area contributed by atoms with E-state index in [1.165, 1.54) is 0 Å². The van der Waals surface area contributed by atoms with Crippen molar-refractivity contribution in [3.63, 3.8) is 0 Å². The van der Waals surface area contributed by atoms with Crippen molar-refractivity contribution in [1.82, 2.24) is 20.2 Å². The predicted molar refractivity (Wildman–Crippen MR) is 124 cm³/mol. The average Bonchev–Trinajstić information content (AvgIpc) is 2.85. The van der Waals surface area contributed by atoms with Crippen LogP contribution in [0.1, 0.15) is 35.7 Å². The Balaban J connectivity index is 1.54. The van der Waals surface area contributed by atoms with Crippen molar-refractivity contribution < 1.29 is 9.59 Å². The zero-order valence-electron chi connectivity index (χ0n) is 18.3. The summed E-state index contributed by atoms with van der Waals surface area (Å²) < 4.78 is 0. The molecule has 1 aromatic carbocycles. The molecule has 0 atom stereocenters. The van der Waals surface area contributed by atoms with Gasteiger partial charge in [-0.25, -0.2) is 0 Å². The van der Waals surface area contributed by atoms with Crippen molar-refractivity contribution in [2.75, 3.05) is 19.6 Å². The summed E-state index contributed by atoms with van der Waals surface area (Å²) in [6.45, 7) is 3.65. The molecule has 6 nitrogen and oxygen atoms in total. The van der Waals surface area contributed by atoms with E-state index in [4.69, 9.17) is 0 Å². The molecule has 32 heavy (non-hydrogen) atoms. The van der Waals surface area contributed by atoms with E-state index >= 15 is 0 Å². The summed E-state index contributed by atoms with van der Waals surface area (Å²) in [5.74, 6) is 0.0678. The van der Waals surface area contributed by atoms with Gasteiger partial charge in [-0.1, -0.05) is 30.3 Å². The lowest BCUT2D eigenvalue weighted by atomic mass is 9.72. The Hall–Kier alpha value is -3.54. The van der Waals surface area contributed by atoms with Gasteiger partial charge in [0.05, 0.1) is 5.41 Å². The van der Waals surface area contributed by atoms with Gasteiger partial charge < -0.3 is 10.2 Å². The number of amides is 2. The minimum absolute atomic E-state index is 0.00419. The maximum atomic E-state index is 13.2. The van der Waals surface area contributed by atoms with E-state index in [-0.39, 0.29) is 11.8 Å². The highest BCUT2D eigenvalue weighted by atomic mass is 16.2. The summed E-state index contributed by atoms with van der Waals surface area (Å²) in [6.07, 6.45) is 8.78. The molecule has 1 saturated heterocycles. The van der Waals surface area contributed by atoms with Gasteiger partial charge in [0, 0.05) is 50.0 Å². The topological polar surface area (TPSA) is 75.2 Å². The van der Waals surface area contributed by atoms with Crippen LogP contribution in [-0.2, 0) is 11.2 Å². The van der Waals surface area contributed by atoms with Gasteiger partial charge >= 0.3 is 0 Å². The first-order valence-electron chi connectivity index (χ1n) is 11.1. The molecule has 0 bridgehead atoms. The van der Waals surface area contributed by atoms with Crippen molar-refractivity contribution >= 4 is 11.8 Å². The predicted octanol–water partition coefficient (Wildman–Crippen LogP) is 3.74. The average molecular weight is 429 g/mol. The number of pyridine rings is 2. The molecule has 0 radical (unpaired) electrons. The van der Waals surface area contributed by atoms with E-state index < -0.39 is 5.41 Å². The Kier molecular flexibility index (Phi) is 6.59. The van der Waals surface area contributed by atoms with Crippen molar-refractivity contribution in [2.45, 2.75) is 26.2 Å². The molecule has 1 aliphatic rings. The van der Waals surface area contributed by atoms with Crippen molar-refractivity contribution in [2.24, 2.45) is 5.41 Å². The van der Waals surface area contributed by atoms with Crippen molar-refractivity contribution in [3.8, 4) is 11.1 Å². The smallest absolute Gasteiger partial charge is 0.253 e. The van der Waals surface area contributed by atoms with E-state index in [1.54, 1.807) is 30.7 Å². The molecule has 3 aromatic rings. The van der Waals surface area contributed by atoms with Gasteiger partial charge in [0.1, 0.15) is 0 Å². The number of rotatable bonds is 6. The van der Waals surface area contributed by atoms with Gasteiger partial charge in [-0.15, -0.1) is 0 Å². The number of benzene rings is 1. The van der Waals surface area contributed by atoms with Crippen LogP contribution in [0.15, 0.2) is 73.3 Å². The minimum Gasteiger partial charge on any atom is -0.356 e. The number of hydrogen-bond donors (Lipinski definition) is 1. The first-order valence-corrected chi connectivity index (χ1v) is 11.1. The van der Waals surface area contributed by atoms with Gasteiger partial charge in [-0.3, -0.25) is 19.6 Å². The molecule has 4 rings (SSSR count). The van der Waals surface area contributed by atoms with Crippen LogP contribution in [0, 0.1) is 5.41 Å². The third kappa shape index (κ3) is 4.69. The summed E-state index contributed by atoms with van der Waals surface area (Å²) in [5, 5.41) is 3.04. The van der Waals surface area contributed by atoms with Gasteiger partial charge in [0.2, 0.25) is 5.91 Å². The summed E-state index contributed by atoms with van der Waals surface area (Å²) >= 11 is 0. The molecule has 1 N–H and O–H groups in total. The molecule has 0 spiro atoms. The Labute approximate surface area is 188 Å². The fraction of sp³-hybridized carbons (Fsp3) is 0.308. The van der Waals surface area contributed by atoms with E-state index in [2.05, 4.69) is 33.5 Å². The van der Waals surface area contributed by atoms with Gasteiger partial charge in [-0.05, 0) is 61.1 Å². The number of carbonyl (C=O) groups is 2. The van der Waals surface area contributed by atoms with Crippen molar-refractivity contribution in [1.29, 1.82) is 0 Å². The number of nitrogens with zero attached hydrogens (tertiary/aromatic N) is 3. The first kappa shape index (κ1) is 21.7. The maximum absolute atomic E-state index is 13.2.